The first-order valence-corrected chi connectivity index (χ1v) is 11.5. The fourth-order valence-electron chi connectivity index (χ4n) is 4.34. The van der Waals surface area contributed by atoms with Crippen LogP contribution in [0.25, 0.3) is 5.69 Å². The highest BCUT2D eigenvalue weighted by Crippen LogP contribution is 2.42. The second-order valence-corrected chi connectivity index (χ2v) is 9.01. The van der Waals surface area contributed by atoms with Crippen LogP contribution in [-0.2, 0) is 0 Å². The Balaban J connectivity index is 1.64. The Labute approximate surface area is 204 Å². The normalized spacial score (nSPS) is 17.8. The molecule has 4 aromatic rings. The van der Waals surface area contributed by atoms with E-state index in [4.69, 9.17) is 23.8 Å². The predicted octanol–water partition coefficient (Wildman–Crippen LogP) is 5.77. The third kappa shape index (κ3) is 4.08. The summed E-state index contributed by atoms with van der Waals surface area (Å²) in [5.74, 6) is 0. The third-order valence-electron chi connectivity index (χ3n) is 5.91. The lowest BCUT2D eigenvalue weighted by Gasteiger charge is -2.29. The van der Waals surface area contributed by atoms with Crippen LogP contribution in [0.4, 0.5) is 11.4 Å². The lowest BCUT2D eigenvalue weighted by atomic mass is 10.0. The number of benzene rings is 2. The summed E-state index contributed by atoms with van der Waals surface area (Å²) >= 11 is 12.2. The molecule has 1 aliphatic rings. The van der Waals surface area contributed by atoms with Crippen molar-refractivity contribution >= 4 is 40.3 Å². The average Bonchev–Trinajstić information content (AvgIpc) is 3.44. The van der Waals surface area contributed by atoms with Gasteiger partial charge >= 0.3 is 0 Å². The molecule has 5 rings (SSSR count). The highest BCUT2D eigenvalue weighted by Gasteiger charge is 2.42. The SMILES string of the molecule is CN(C)c1ccc(N2C(=S)N[C@H](c3ccccn3)[C@H]2c2cccn2-c2cccc(Cl)c2)cc1. The molecule has 0 bridgehead atoms. The first-order chi connectivity index (χ1) is 16.0. The summed E-state index contributed by atoms with van der Waals surface area (Å²) in [5, 5.41) is 4.90. The number of nitrogens with one attached hydrogen (secondary N) is 1. The zero-order valence-corrected chi connectivity index (χ0v) is 20.0. The predicted molar refractivity (Wildman–Crippen MR) is 139 cm³/mol. The lowest BCUT2D eigenvalue weighted by molar-refractivity contribution is 0.549. The molecule has 2 aromatic carbocycles. The molecular formula is C26H24ClN5S. The Morgan fingerprint density at radius 1 is 0.939 bits per heavy atom. The second-order valence-electron chi connectivity index (χ2n) is 8.19. The van der Waals surface area contributed by atoms with Crippen LogP contribution in [0, 0.1) is 0 Å². The van der Waals surface area contributed by atoms with Gasteiger partial charge in [0.2, 0.25) is 0 Å². The molecular weight excluding hydrogens is 450 g/mol. The zero-order valence-electron chi connectivity index (χ0n) is 18.4. The van der Waals surface area contributed by atoms with Crippen molar-refractivity contribution in [2.45, 2.75) is 12.1 Å². The molecule has 0 spiro atoms. The van der Waals surface area contributed by atoms with Gasteiger partial charge in [0, 0.05) is 54.3 Å². The summed E-state index contributed by atoms with van der Waals surface area (Å²) in [6, 6.07) is 26.3. The molecule has 0 amide bonds. The van der Waals surface area contributed by atoms with E-state index in [1.54, 1.807) is 0 Å². The number of nitrogens with zero attached hydrogens (tertiary/aromatic N) is 4. The maximum Gasteiger partial charge on any atom is 0.174 e. The van der Waals surface area contributed by atoms with Gasteiger partial charge in [-0.05, 0) is 78.9 Å². The maximum absolute atomic E-state index is 6.32. The molecule has 33 heavy (non-hydrogen) atoms. The van der Waals surface area contributed by atoms with Crippen LogP contribution < -0.4 is 15.1 Å². The zero-order chi connectivity index (χ0) is 22.9. The van der Waals surface area contributed by atoms with Crippen LogP contribution in [0.3, 0.4) is 0 Å². The molecule has 0 unspecified atom stereocenters. The van der Waals surface area contributed by atoms with Crippen molar-refractivity contribution in [3.05, 3.63) is 108 Å². The van der Waals surface area contributed by atoms with Crippen LogP contribution in [0.15, 0.2) is 91.3 Å². The first-order valence-electron chi connectivity index (χ1n) is 10.7. The molecule has 2 aromatic heterocycles. The number of aromatic nitrogens is 2. The first kappa shape index (κ1) is 21.5. The van der Waals surface area contributed by atoms with Gasteiger partial charge in [-0.2, -0.15) is 0 Å². The smallest absolute Gasteiger partial charge is 0.174 e. The van der Waals surface area contributed by atoms with Crippen molar-refractivity contribution in [2.24, 2.45) is 0 Å². The monoisotopic (exact) mass is 473 g/mol. The highest BCUT2D eigenvalue weighted by atomic mass is 35.5. The molecule has 5 nitrogen and oxygen atoms in total. The Kier molecular flexibility index (Phi) is 5.79. The number of rotatable bonds is 5. The second kappa shape index (κ2) is 8.89. The van der Waals surface area contributed by atoms with Crippen molar-refractivity contribution in [2.75, 3.05) is 23.9 Å². The largest absolute Gasteiger partial charge is 0.378 e. The van der Waals surface area contributed by atoms with Gasteiger partial charge in [-0.1, -0.05) is 23.7 Å². The van der Waals surface area contributed by atoms with Gasteiger partial charge in [-0.3, -0.25) is 4.98 Å². The molecule has 0 saturated carbocycles. The molecule has 1 saturated heterocycles. The minimum absolute atomic E-state index is 0.105. The molecule has 166 valence electrons. The third-order valence-corrected chi connectivity index (χ3v) is 6.46. The highest BCUT2D eigenvalue weighted by molar-refractivity contribution is 7.80. The summed E-state index contributed by atoms with van der Waals surface area (Å²) in [5.41, 5.74) is 5.20. The number of anilines is 2. The Hall–Kier alpha value is -3.35. The quantitative estimate of drug-likeness (QED) is 0.372. The van der Waals surface area contributed by atoms with Crippen molar-refractivity contribution in [1.29, 1.82) is 0 Å². The van der Waals surface area contributed by atoms with E-state index in [0.29, 0.717) is 10.1 Å². The fraction of sp³-hybridized carbons (Fsp3) is 0.154. The number of halogens is 1. The summed E-state index contributed by atoms with van der Waals surface area (Å²) in [6.45, 7) is 0. The van der Waals surface area contributed by atoms with Crippen molar-refractivity contribution < 1.29 is 0 Å². The van der Waals surface area contributed by atoms with E-state index < -0.39 is 0 Å². The van der Waals surface area contributed by atoms with Gasteiger partial charge in [-0.25, -0.2) is 0 Å². The van der Waals surface area contributed by atoms with Gasteiger partial charge < -0.3 is 19.7 Å². The van der Waals surface area contributed by atoms with Gasteiger partial charge in [0.25, 0.3) is 0 Å². The molecule has 1 fully saturated rings. The van der Waals surface area contributed by atoms with Crippen LogP contribution in [0.5, 0.6) is 0 Å². The molecule has 7 heteroatoms. The average molecular weight is 474 g/mol. The molecule has 1 N–H and O–H groups in total. The van der Waals surface area contributed by atoms with E-state index in [9.17, 15) is 0 Å². The fourth-order valence-corrected chi connectivity index (χ4v) is 4.87. The minimum Gasteiger partial charge on any atom is -0.378 e. The summed E-state index contributed by atoms with van der Waals surface area (Å²) in [4.78, 5) is 8.92. The van der Waals surface area contributed by atoms with E-state index in [-0.39, 0.29) is 12.1 Å². The molecule has 2 atom stereocenters. The molecule has 1 aliphatic heterocycles. The Morgan fingerprint density at radius 2 is 1.76 bits per heavy atom. The van der Waals surface area contributed by atoms with Crippen LogP contribution in [-0.4, -0.2) is 28.8 Å². The van der Waals surface area contributed by atoms with E-state index in [1.165, 1.54) is 0 Å². The van der Waals surface area contributed by atoms with E-state index in [1.807, 2.05) is 56.7 Å². The number of pyridine rings is 1. The summed E-state index contributed by atoms with van der Waals surface area (Å²) < 4.78 is 2.17. The van der Waals surface area contributed by atoms with E-state index in [2.05, 4.69) is 73.3 Å². The van der Waals surface area contributed by atoms with Gasteiger partial charge in [0.15, 0.2) is 5.11 Å². The Morgan fingerprint density at radius 3 is 2.45 bits per heavy atom. The molecule has 0 radical (unpaired) electrons. The van der Waals surface area contributed by atoms with Gasteiger partial charge in [-0.15, -0.1) is 0 Å². The standard InChI is InChI=1S/C26H24ClN5S/c1-30(2)19-11-13-20(14-12-19)32-25(24(29-26(32)33)22-9-3-4-15-28-22)23-10-6-16-31(23)21-8-5-7-18(27)17-21/h3-17,24-25H,1-2H3,(H,29,33)/t24-,25-/m1/s1. The van der Waals surface area contributed by atoms with Crippen molar-refractivity contribution in [1.82, 2.24) is 14.9 Å². The number of hydrogen-bond acceptors (Lipinski definition) is 3. The number of hydrogen-bond donors (Lipinski definition) is 1. The van der Waals surface area contributed by atoms with Crippen LogP contribution >= 0.6 is 23.8 Å². The maximum atomic E-state index is 6.32. The van der Waals surface area contributed by atoms with Gasteiger partial charge in [0.05, 0.1) is 11.7 Å². The van der Waals surface area contributed by atoms with Gasteiger partial charge in [0.1, 0.15) is 6.04 Å². The lowest BCUT2D eigenvalue weighted by Crippen LogP contribution is -2.30. The van der Waals surface area contributed by atoms with Crippen molar-refractivity contribution in [3.63, 3.8) is 0 Å². The van der Waals surface area contributed by atoms with Crippen LogP contribution in [0.1, 0.15) is 23.5 Å². The Bertz CT molecular complexity index is 1270. The summed E-state index contributed by atoms with van der Waals surface area (Å²) in [7, 11) is 4.07. The summed E-state index contributed by atoms with van der Waals surface area (Å²) in [6.07, 6.45) is 3.88. The topological polar surface area (TPSA) is 36.3 Å². The van der Waals surface area contributed by atoms with Crippen molar-refractivity contribution in [3.8, 4) is 5.69 Å². The van der Waals surface area contributed by atoms with E-state index >= 15 is 0 Å². The van der Waals surface area contributed by atoms with E-state index in [0.717, 1.165) is 28.5 Å². The number of thiocarbonyl (C=S) groups is 1. The minimum atomic E-state index is -0.111. The molecule has 3 heterocycles. The molecule has 0 aliphatic carbocycles. The van der Waals surface area contributed by atoms with Crippen LogP contribution in [0.2, 0.25) is 5.02 Å².